The van der Waals surface area contributed by atoms with Crippen LogP contribution in [0.1, 0.15) is 11.3 Å². The van der Waals surface area contributed by atoms with Gasteiger partial charge >= 0.3 is 6.18 Å². The van der Waals surface area contributed by atoms with Gasteiger partial charge in [0.1, 0.15) is 11.6 Å². The number of ether oxygens (including phenoxy) is 1. The number of thioether (sulfide) groups is 1. The summed E-state index contributed by atoms with van der Waals surface area (Å²) in [5.74, 6) is 0.0589. The molecular weight excluding hydrogens is 358 g/mol. The monoisotopic (exact) mass is 373 g/mol. The Morgan fingerprint density at radius 3 is 2.56 bits per heavy atom. The van der Waals surface area contributed by atoms with Gasteiger partial charge in [-0.05, 0) is 37.3 Å². The number of rotatable bonds is 5. The molecule has 0 aliphatic rings. The fourth-order valence-electron chi connectivity index (χ4n) is 1.84. The summed E-state index contributed by atoms with van der Waals surface area (Å²) in [6.07, 6.45) is -3.03. The Balaban J connectivity index is 2.01. The molecule has 0 unspecified atom stereocenters. The maximum absolute atomic E-state index is 12.8. The number of alkyl halides is 3. The lowest BCUT2D eigenvalue weighted by molar-refractivity contribution is -0.153. The van der Waals surface area contributed by atoms with E-state index in [4.69, 9.17) is 10.5 Å². The van der Waals surface area contributed by atoms with Crippen LogP contribution in [0.15, 0.2) is 41.5 Å². The predicted molar refractivity (Wildman–Crippen MR) is 89.5 cm³/mol. The Labute approximate surface area is 146 Å². The summed E-state index contributed by atoms with van der Waals surface area (Å²) in [5, 5.41) is 0.231. The summed E-state index contributed by atoms with van der Waals surface area (Å²) in [5.41, 5.74) is 7.36. The summed E-state index contributed by atoms with van der Waals surface area (Å²) < 4.78 is 54.4. The van der Waals surface area contributed by atoms with E-state index in [-0.39, 0.29) is 16.7 Å². The SMILES string of the molecule is Cc1c(OCC(F)(F)F)ccnc1CSC(N)=Nc1ccc(F)cc1. The lowest BCUT2D eigenvalue weighted by atomic mass is 10.2. The van der Waals surface area contributed by atoms with Crippen molar-refractivity contribution in [2.24, 2.45) is 10.7 Å². The van der Waals surface area contributed by atoms with E-state index in [0.717, 1.165) is 0 Å². The lowest BCUT2D eigenvalue weighted by Gasteiger charge is -2.13. The predicted octanol–water partition coefficient (Wildman–Crippen LogP) is 4.35. The molecule has 2 aromatic rings. The highest BCUT2D eigenvalue weighted by Gasteiger charge is 2.28. The molecule has 25 heavy (non-hydrogen) atoms. The maximum atomic E-state index is 12.8. The number of hydrogen-bond donors (Lipinski definition) is 1. The summed E-state index contributed by atoms with van der Waals surface area (Å²) in [6.45, 7) is 0.264. The van der Waals surface area contributed by atoms with Gasteiger partial charge in [0.15, 0.2) is 11.8 Å². The van der Waals surface area contributed by atoms with E-state index in [9.17, 15) is 17.6 Å². The summed E-state index contributed by atoms with van der Waals surface area (Å²) in [4.78, 5) is 8.25. The number of benzene rings is 1. The van der Waals surface area contributed by atoms with Crippen molar-refractivity contribution in [1.82, 2.24) is 4.98 Å². The highest BCUT2D eigenvalue weighted by atomic mass is 32.2. The van der Waals surface area contributed by atoms with Crippen molar-refractivity contribution in [3.05, 3.63) is 53.6 Å². The minimum absolute atomic E-state index is 0.122. The Morgan fingerprint density at radius 2 is 1.92 bits per heavy atom. The lowest BCUT2D eigenvalue weighted by Crippen LogP contribution is -2.19. The zero-order valence-corrected chi connectivity index (χ0v) is 14.0. The minimum atomic E-state index is -4.41. The van der Waals surface area contributed by atoms with Crippen LogP contribution in [0.3, 0.4) is 0 Å². The molecule has 0 saturated heterocycles. The second-order valence-electron chi connectivity index (χ2n) is 5.00. The minimum Gasteiger partial charge on any atom is -0.484 e. The van der Waals surface area contributed by atoms with Crippen LogP contribution in [0, 0.1) is 12.7 Å². The molecule has 0 spiro atoms. The van der Waals surface area contributed by atoms with Crippen LogP contribution in [0.2, 0.25) is 0 Å². The number of aliphatic imine (C=N–C) groups is 1. The van der Waals surface area contributed by atoms with Crippen LogP contribution < -0.4 is 10.5 Å². The highest BCUT2D eigenvalue weighted by molar-refractivity contribution is 8.13. The van der Waals surface area contributed by atoms with Crippen molar-refractivity contribution in [2.45, 2.75) is 18.9 Å². The molecule has 9 heteroatoms. The second-order valence-corrected chi connectivity index (χ2v) is 6.00. The molecule has 0 radical (unpaired) electrons. The molecule has 1 aromatic carbocycles. The van der Waals surface area contributed by atoms with Gasteiger partial charge in [-0.1, -0.05) is 11.8 Å². The fraction of sp³-hybridized carbons (Fsp3) is 0.250. The van der Waals surface area contributed by atoms with Crippen molar-refractivity contribution in [3.8, 4) is 5.75 Å². The maximum Gasteiger partial charge on any atom is 0.422 e. The molecule has 0 bridgehead atoms. The van der Waals surface area contributed by atoms with E-state index >= 15 is 0 Å². The molecule has 0 aliphatic heterocycles. The number of pyridine rings is 1. The first-order chi connectivity index (χ1) is 11.7. The van der Waals surface area contributed by atoms with Gasteiger partial charge in [-0.25, -0.2) is 9.38 Å². The molecule has 1 heterocycles. The van der Waals surface area contributed by atoms with Gasteiger partial charge in [0.2, 0.25) is 0 Å². The van der Waals surface area contributed by atoms with Crippen molar-refractivity contribution in [3.63, 3.8) is 0 Å². The van der Waals surface area contributed by atoms with Crippen molar-refractivity contribution >= 4 is 22.6 Å². The molecule has 0 amide bonds. The zero-order chi connectivity index (χ0) is 18.4. The third-order valence-electron chi connectivity index (χ3n) is 3.07. The van der Waals surface area contributed by atoms with Gasteiger partial charge in [0, 0.05) is 17.5 Å². The van der Waals surface area contributed by atoms with Crippen LogP contribution in [-0.4, -0.2) is 22.9 Å². The number of nitrogens with zero attached hydrogens (tertiary/aromatic N) is 2. The van der Waals surface area contributed by atoms with Crippen LogP contribution >= 0.6 is 11.8 Å². The third kappa shape index (κ3) is 6.26. The van der Waals surface area contributed by atoms with Gasteiger partial charge in [-0.2, -0.15) is 13.2 Å². The van der Waals surface area contributed by atoms with Crippen molar-refractivity contribution in [1.29, 1.82) is 0 Å². The average Bonchev–Trinajstić information content (AvgIpc) is 2.54. The third-order valence-corrected chi connectivity index (χ3v) is 3.88. The van der Waals surface area contributed by atoms with Crippen LogP contribution in [0.4, 0.5) is 23.2 Å². The quantitative estimate of drug-likeness (QED) is 0.481. The van der Waals surface area contributed by atoms with Gasteiger partial charge < -0.3 is 10.5 Å². The summed E-state index contributed by atoms with van der Waals surface area (Å²) in [7, 11) is 0. The van der Waals surface area contributed by atoms with Crippen LogP contribution in [0.5, 0.6) is 5.75 Å². The number of halogens is 4. The summed E-state index contributed by atoms with van der Waals surface area (Å²) >= 11 is 1.17. The van der Waals surface area contributed by atoms with Gasteiger partial charge in [-0.15, -0.1) is 0 Å². The van der Waals surface area contributed by atoms with E-state index in [1.54, 1.807) is 6.92 Å². The molecule has 2 rings (SSSR count). The van der Waals surface area contributed by atoms with E-state index in [2.05, 4.69) is 9.98 Å². The van der Waals surface area contributed by atoms with E-state index in [0.29, 0.717) is 22.7 Å². The van der Waals surface area contributed by atoms with E-state index < -0.39 is 12.8 Å². The first-order valence-electron chi connectivity index (χ1n) is 7.11. The van der Waals surface area contributed by atoms with Gasteiger partial charge in [0.05, 0.1) is 11.4 Å². The number of hydrogen-bond acceptors (Lipinski definition) is 4. The molecule has 0 aliphatic carbocycles. The molecule has 0 atom stereocenters. The van der Waals surface area contributed by atoms with Crippen LogP contribution in [-0.2, 0) is 5.75 Å². The standard InChI is InChI=1S/C16H15F4N3OS/c1-10-13(22-7-6-14(10)24-9-16(18,19)20)8-25-15(21)23-12-4-2-11(17)3-5-12/h2-7H,8-9H2,1H3,(H2,21,23). The number of aromatic nitrogens is 1. The van der Waals surface area contributed by atoms with Gasteiger partial charge in [0.25, 0.3) is 0 Å². The normalized spacial score (nSPS) is 12.3. The van der Waals surface area contributed by atoms with E-state index in [1.165, 1.54) is 48.3 Å². The van der Waals surface area contributed by atoms with Crippen molar-refractivity contribution in [2.75, 3.05) is 6.61 Å². The molecule has 0 fully saturated rings. The first kappa shape index (κ1) is 19.0. The Kier molecular flexibility index (Phi) is 6.24. The molecular formula is C16H15F4N3OS. The largest absolute Gasteiger partial charge is 0.484 e. The number of nitrogens with two attached hydrogens (primary N) is 1. The van der Waals surface area contributed by atoms with Crippen LogP contribution in [0.25, 0.3) is 0 Å². The Bertz CT molecular complexity index is 748. The summed E-state index contributed by atoms with van der Waals surface area (Å²) in [6, 6.07) is 6.88. The smallest absolute Gasteiger partial charge is 0.422 e. The molecule has 1 aromatic heterocycles. The van der Waals surface area contributed by atoms with E-state index in [1.807, 2.05) is 0 Å². The van der Waals surface area contributed by atoms with Crippen molar-refractivity contribution < 1.29 is 22.3 Å². The highest BCUT2D eigenvalue weighted by Crippen LogP contribution is 2.25. The molecule has 134 valence electrons. The molecule has 4 nitrogen and oxygen atoms in total. The number of amidine groups is 1. The Morgan fingerprint density at radius 1 is 1.24 bits per heavy atom. The topological polar surface area (TPSA) is 60.5 Å². The fourth-order valence-corrected chi connectivity index (χ4v) is 2.58. The molecule has 2 N–H and O–H groups in total. The average molecular weight is 373 g/mol. The van der Waals surface area contributed by atoms with Gasteiger partial charge in [-0.3, -0.25) is 4.98 Å². The second kappa shape index (κ2) is 8.19. The zero-order valence-electron chi connectivity index (χ0n) is 13.2. The molecule has 0 saturated carbocycles. The first-order valence-corrected chi connectivity index (χ1v) is 8.10. The Hall–Kier alpha value is -2.29.